The smallest absolute Gasteiger partial charge is 0.287 e. The van der Waals surface area contributed by atoms with Gasteiger partial charge in [0.05, 0.1) is 12.4 Å². The molecule has 0 bridgehead atoms. The molecule has 3 rings (SSSR count). The van der Waals surface area contributed by atoms with Crippen LogP contribution < -0.4 is 10.1 Å². The van der Waals surface area contributed by atoms with Gasteiger partial charge in [0.15, 0.2) is 5.76 Å². The first-order chi connectivity index (χ1) is 14.5. The van der Waals surface area contributed by atoms with Crippen molar-refractivity contribution < 1.29 is 18.2 Å². The highest BCUT2D eigenvalue weighted by molar-refractivity contribution is 7.83. The Kier molecular flexibility index (Phi) is 8.11. The predicted octanol–water partition coefficient (Wildman–Crippen LogP) is 4.75. The minimum absolute atomic E-state index is 0.222. The van der Waals surface area contributed by atoms with Crippen molar-refractivity contribution in [1.29, 1.82) is 0 Å². The third-order valence-corrected chi connectivity index (χ3v) is 5.88. The van der Waals surface area contributed by atoms with E-state index in [0.29, 0.717) is 36.1 Å². The maximum atomic E-state index is 12.3. The van der Waals surface area contributed by atoms with Crippen molar-refractivity contribution in [3.05, 3.63) is 88.3 Å². The maximum Gasteiger partial charge on any atom is 0.287 e. The zero-order valence-corrected chi connectivity index (χ0v) is 18.3. The fourth-order valence-corrected chi connectivity index (χ4v) is 4.15. The molecule has 1 heterocycles. The van der Waals surface area contributed by atoms with E-state index in [0.717, 1.165) is 16.9 Å². The Hall–Kier alpha value is -2.57. The van der Waals surface area contributed by atoms with E-state index in [9.17, 15) is 9.00 Å². The number of halogens is 1. The van der Waals surface area contributed by atoms with Crippen LogP contribution in [0, 0.1) is 0 Å². The topological polar surface area (TPSA) is 68.5 Å². The van der Waals surface area contributed by atoms with Crippen LogP contribution in [0.4, 0.5) is 0 Å². The van der Waals surface area contributed by atoms with Crippen LogP contribution in [-0.2, 0) is 28.7 Å². The van der Waals surface area contributed by atoms with Crippen molar-refractivity contribution in [1.82, 2.24) is 5.32 Å². The molecular formula is C23H24ClNO4S. The predicted molar refractivity (Wildman–Crippen MR) is 119 cm³/mol. The molecule has 30 heavy (non-hydrogen) atoms. The third kappa shape index (κ3) is 6.75. The van der Waals surface area contributed by atoms with Gasteiger partial charge in [0.1, 0.15) is 11.5 Å². The summed E-state index contributed by atoms with van der Waals surface area (Å²) in [4.78, 5) is 12.3. The number of hydrogen-bond donors (Lipinski definition) is 1. The van der Waals surface area contributed by atoms with Crippen molar-refractivity contribution in [2.75, 3.05) is 13.2 Å². The molecule has 2 aromatic carbocycles. The van der Waals surface area contributed by atoms with Gasteiger partial charge in [0.25, 0.3) is 5.91 Å². The number of ether oxygens (including phenoxy) is 1. The lowest BCUT2D eigenvalue weighted by Crippen LogP contribution is -2.25. The molecule has 0 aliphatic heterocycles. The molecule has 0 saturated carbocycles. The van der Waals surface area contributed by atoms with Crippen LogP contribution in [0.2, 0.25) is 5.02 Å². The van der Waals surface area contributed by atoms with Gasteiger partial charge in [-0.3, -0.25) is 9.00 Å². The third-order valence-electron chi connectivity index (χ3n) is 4.36. The fourth-order valence-electron chi connectivity index (χ4n) is 2.88. The number of furan rings is 1. The fraction of sp³-hybridized carbons (Fsp3) is 0.261. The normalized spacial score (nSPS) is 11.8. The number of benzene rings is 2. The second-order valence-corrected chi connectivity index (χ2v) is 8.60. The molecule has 7 heteroatoms. The molecular weight excluding hydrogens is 422 g/mol. The Labute approximate surface area is 183 Å². The van der Waals surface area contributed by atoms with Gasteiger partial charge in [0.2, 0.25) is 0 Å². The van der Waals surface area contributed by atoms with Crippen LogP contribution in [-0.4, -0.2) is 23.3 Å². The van der Waals surface area contributed by atoms with Crippen molar-refractivity contribution in [3.63, 3.8) is 0 Å². The summed E-state index contributed by atoms with van der Waals surface area (Å²) in [7, 11) is -1.14. The summed E-state index contributed by atoms with van der Waals surface area (Å²) in [5.41, 5.74) is 2.05. The van der Waals surface area contributed by atoms with Gasteiger partial charge >= 0.3 is 0 Å². The molecule has 0 aliphatic rings. The van der Waals surface area contributed by atoms with E-state index in [1.807, 2.05) is 43.3 Å². The first-order valence-corrected chi connectivity index (χ1v) is 11.6. The van der Waals surface area contributed by atoms with E-state index in [2.05, 4.69) is 5.32 Å². The Morgan fingerprint density at radius 2 is 1.70 bits per heavy atom. The lowest BCUT2D eigenvalue weighted by molar-refractivity contribution is 0.0925. The molecule has 158 valence electrons. The Morgan fingerprint density at radius 1 is 1.00 bits per heavy atom. The Bertz CT molecular complexity index is 983. The molecule has 0 saturated heterocycles. The molecule has 1 amide bonds. The van der Waals surface area contributed by atoms with E-state index in [1.165, 1.54) is 0 Å². The lowest BCUT2D eigenvalue weighted by Gasteiger charge is -2.06. The summed E-state index contributed by atoms with van der Waals surface area (Å²) in [5.74, 6) is 1.96. The van der Waals surface area contributed by atoms with Gasteiger partial charge in [-0.2, -0.15) is 0 Å². The first kappa shape index (κ1) is 22.1. The second kappa shape index (κ2) is 11.0. The first-order valence-electron chi connectivity index (χ1n) is 9.71. The van der Waals surface area contributed by atoms with Crippen molar-refractivity contribution in [2.45, 2.75) is 24.9 Å². The molecule has 1 N–H and O–H groups in total. The van der Waals surface area contributed by atoms with E-state index in [1.54, 1.807) is 24.3 Å². The van der Waals surface area contributed by atoms with Gasteiger partial charge in [-0.1, -0.05) is 35.9 Å². The van der Waals surface area contributed by atoms with Gasteiger partial charge in [0, 0.05) is 28.1 Å². The molecule has 1 atom stereocenters. The molecule has 5 nitrogen and oxygen atoms in total. The summed E-state index contributed by atoms with van der Waals surface area (Å²) in [6.07, 6.45) is 0.705. The number of amides is 1. The summed E-state index contributed by atoms with van der Waals surface area (Å²) in [6.45, 7) is 3.07. The average Bonchev–Trinajstić information content (AvgIpc) is 3.19. The minimum Gasteiger partial charge on any atom is -0.494 e. The molecule has 0 spiro atoms. The van der Waals surface area contributed by atoms with Gasteiger partial charge in [-0.25, -0.2) is 0 Å². The monoisotopic (exact) mass is 445 g/mol. The van der Waals surface area contributed by atoms with Crippen molar-refractivity contribution in [3.8, 4) is 5.75 Å². The Morgan fingerprint density at radius 3 is 2.40 bits per heavy atom. The largest absolute Gasteiger partial charge is 0.494 e. The highest BCUT2D eigenvalue weighted by Gasteiger charge is 2.13. The van der Waals surface area contributed by atoms with Gasteiger partial charge in [-0.05, 0) is 60.9 Å². The highest BCUT2D eigenvalue weighted by atomic mass is 35.5. The SMILES string of the molecule is CCOc1ccc(CCNC(=O)c2ccc(C[S@@](=O)Cc3ccc(Cl)cc3)o2)cc1. The zero-order valence-electron chi connectivity index (χ0n) is 16.7. The molecule has 0 radical (unpaired) electrons. The van der Waals surface area contributed by atoms with E-state index < -0.39 is 10.8 Å². The molecule has 3 aromatic rings. The number of hydrogen-bond acceptors (Lipinski definition) is 4. The van der Waals surface area contributed by atoms with Gasteiger partial charge < -0.3 is 14.5 Å². The molecule has 0 aliphatic carbocycles. The zero-order chi connectivity index (χ0) is 21.3. The van der Waals surface area contributed by atoms with Crippen LogP contribution in [0.5, 0.6) is 5.75 Å². The van der Waals surface area contributed by atoms with Crippen molar-refractivity contribution >= 4 is 28.3 Å². The average molecular weight is 446 g/mol. The van der Waals surface area contributed by atoms with E-state index in [-0.39, 0.29) is 17.4 Å². The number of rotatable bonds is 10. The van der Waals surface area contributed by atoms with Crippen LogP contribution >= 0.6 is 11.6 Å². The number of nitrogens with one attached hydrogen (secondary N) is 1. The molecule has 0 unspecified atom stereocenters. The van der Waals surface area contributed by atoms with Gasteiger partial charge in [-0.15, -0.1) is 0 Å². The molecule has 0 fully saturated rings. The van der Waals surface area contributed by atoms with E-state index >= 15 is 0 Å². The summed E-state index contributed by atoms with van der Waals surface area (Å²) in [6, 6.07) is 18.4. The van der Waals surface area contributed by atoms with E-state index in [4.69, 9.17) is 20.8 Å². The number of carbonyl (C=O) groups excluding carboxylic acids is 1. The number of carbonyl (C=O) groups is 1. The summed E-state index contributed by atoms with van der Waals surface area (Å²) in [5, 5.41) is 3.49. The second-order valence-electron chi connectivity index (χ2n) is 6.70. The highest BCUT2D eigenvalue weighted by Crippen LogP contribution is 2.15. The Balaban J connectivity index is 1.44. The van der Waals surface area contributed by atoms with Crippen LogP contribution in [0.25, 0.3) is 0 Å². The lowest BCUT2D eigenvalue weighted by atomic mass is 10.1. The quantitative estimate of drug-likeness (QED) is 0.488. The van der Waals surface area contributed by atoms with Crippen LogP contribution in [0.1, 0.15) is 34.4 Å². The summed E-state index contributed by atoms with van der Waals surface area (Å²) < 4.78 is 23.3. The van der Waals surface area contributed by atoms with Crippen LogP contribution in [0.3, 0.4) is 0 Å². The molecule has 1 aromatic heterocycles. The standard InChI is InChI=1S/C23H24ClNO4S/c1-2-28-20-9-5-17(6-10-20)13-14-25-23(26)22-12-11-21(29-22)16-30(27)15-18-3-7-19(24)8-4-18/h3-12H,2,13-16H2,1H3,(H,25,26)/t30-/m0/s1. The van der Waals surface area contributed by atoms with Crippen molar-refractivity contribution in [2.24, 2.45) is 0 Å². The maximum absolute atomic E-state index is 12.3. The minimum atomic E-state index is -1.14. The van der Waals surface area contributed by atoms with Crippen LogP contribution in [0.15, 0.2) is 65.1 Å². The summed E-state index contributed by atoms with van der Waals surface area (Å²) >= 11 is 5.87.